The molecule has 2 fully saturated rings. The van der Waals surface area contributed by atoms with Crippen molar-refractivity contribution in [2.45, 2.75) is 57.7 Å². The number of rotatable bonds is 5. The van der Waals surface area contributed by atoms with Crippen molar-refractivity contribution in [1.29, 1.82) is 0 Å². The lowest BCUT2D eigenvalue weighted by atomic mass is 9.85. The zero-order valence-corrected chi connectivity index (χ0v) is 14.2. The third kappa shape index (κ3) is 4.15. The van der Waals surface area contributed by atoms with E-state index in [2.05, 4.69) is 5.32 Å². The Morgan fingerprint density at radius 1 is 1.21 bits per heavy atom. The van der Waals surface area contributed by atoms with Crippen molar-refractivity contribution in [1.82, 2.24) is 10.2 Å². The van der Waals surface area contributed by atoms with Crippen molar-refractivity contribution >= 4 is 11.8 Å². The standard InChI is InChI=1S/C19H27N3O2/c20-17-8-3-7-14(11-17)19(24)21-12-15-5-1-2-6-16(15)13-22-10-4-9-18(22)23/h1-2,5-6,14,17H,3-4,7-13,20H2,(H,21,24)/t14-,17+/m0/s1. The van der Waals surface area contributed by atoms with E-state index in [-0.39, 0.29) is 23.8 Å². The molecule has 5 nitrogen and oxygen atoms in total. The number of benzene rings is 1. The summed E-state index contributed by atoms with van der Waals surface area (Å²) in [5.41, 5.74) is 8.19. The molecule has 1 aliphatic heterocycles. The van der Waals surface area contributed by atoms with Gasteiger partial charge in [-0.2, -0.15) is 0 Å². The maximum absolute atomic E-state index is 12.4. The molecule has 2 atom stereocenters. The Bertz CT molecular complexity index is 602. The van der Waals surface area contributed by atoms with E-state index >= 15 is 0 Å². The topological polar surface area (TPSA) is 75.4 Å². The van der Waals surface area contributed by atoms with Crippen molar-refractivity contribution < 1.29 is 9.59 Å². The molecule has 1 aromatic rings. The number of likely N-dealkylation sites (tertiary alicyclic amines) is 1. The Hall–Kier alpha value is -1.88. The summed E-state index contributed by atoms with van der Waals surface area (Å²) in [4.78, 5) is 26.1. The molecular weight excluding hydrogens is 302 g/mol. The number of carbonyl (C=O) groups is 2. The second-order valence-electron chi connectivity index (χ2n) is 7.03. The van der Waals surface area contributed by atoms with Crippen LogP contribution in [0.1, 0.15) is 49.7 Å². The van der Waals surface area contributed by atoms with Gasteiger partial charge in [-0.15, -0.1) is 0 Å². The van der Waals surface area contributed by atoms with Crippen LogP contribution >= 0.6 is 0 Å². The lowest BCUT2D eigenvalue weighted by Crippen LogP contribution is -2.37. The Labute approximate surface area is 143 Å². The molecule has 5 heteroatoms. The van der Waals surface area contributed by atoms with E-state index in [1.54, 1.807) is 0 Å². The van der Waals surface area contributed by atoms with Crippen molar-refractivity contribution in [2.24, 2.45) is 11.7 Å². The van der Waals surface area contributed by atoms with Crippen molar-refractivity contribution in [3.8, 4) is 0 Å². The normalized spacial score (nSPS) is 24.2. The van der Waals surface area contributed by atoms with Crippen LogP contribution in [0.3, 0.4) is 0 Å². The molecule has 2 amide bonds. The average Bonchev–Trinajstić information content (AvgIpc) is 2.99. The van der Waals surface area contributed by atoms with Crippen molar-refractivity contribution in [3.63, 3.8) is 0 Å². The minimum atomic E-state index is 0.0427. The third-order valence-electron chi connectivity index (χ3n) is 5.19. The molecule has 1 heterocycles. The molecule has 0 unspecified atom stereocenters. The predicted molar refractivity (Wildman–Crippen MR) is 92.9 cm³/mol. The number of hydrogen-bond acceptors (Lipinski definition) is 3. The second-order valence-corrected chi connectivity index (χ2v) is 7.03. The first-order valence-corrected chi connectivity index (χ1v) is 9.01. The lowest BCUT2D eigenvalue weighted by molar-refractivity contribution is -0.128. The molecule has 0 aromatic heterocycles. The first kappa shape index (κ1) is 17.0. The van der Waals surface area contributed by atoms with E-state index < -0.39 is 0 Å². The highest BCUT2D eigenvalue weighted by atomic mass is 16.2. The van der Waals surface area contributed by atoms with Crippen LogP contribution in [-0.2, 0) is 22.7 Å². The number of hydrogen-bond donors (Lipinski definition) is 2. The molecule has 3 N–H and O–H groups in total. The second kappa shape index (κ2) is 7.79. The van der Waals surface area contributed by atoms with Crippen LogP contribution in [0, 0.1) is 5.92 Å². The summed E-state index contributed by atoms with van der Waals surface area (Å²) in [5.74, 6) is 0.378. The van der Waals surface area contributed by atoms with Gasteiger partial charge in [0.2, 0.25) is 11.8 Å². The Morgan fingerprint density at radius 3 is 2.71 bits per heavy atom. The summed E-state index contributed by atoms with van der Waals surface area (Å²) >= 11 is 0. The maximum Gasteiger partial charge on any atom is 0.223 e. The number of nitrogens with one attached hydrogen (secondary N) is 1. The summed E-state index contributed by atoms with van der Waals surface area (Å²) in [6.07, 6.45) is 5.38. The van der Waals surface area contributed by atoms with Crippen LogP contribution in [-0.4, -0.2) is 29.3 Å². The molecule has 1 aromatic carbocycles. The molecule has 0 radical (unpaired) electrons. The molecule has 1 saturated heterocycles. The summed E-state index contributed by atoms with van der Waals surface area (Å²) in [6, 6.07) is 8.20. The van der Waals surface area contributed by atoms with E-state index in [1.807, 2.05) is 29.2 Å². The Balaban J connectivity index is 1.58. The van der Waals surface area contributed by atoms with E-state index in [0.29, 0.717) is 19.5 Å². The Kier molecular flexibility index (Phi) is 5.51. The van der Waals surface area contributed by atoms with Gasteiger partial charge in [-0.3, -0.25) is 9.59 Å². The monoisotopic (exact) mass is 329 g/mol. The van der Waals surface area contributed by atoms with Crippen molar-refractivity contribution in [3.05, 3.63) is 35.4 Å². The van der Waals surface area contributed by atoms with E-state index in [1.165, 1.54) is 0 Å². The van der Waals surface area contributed by atoms with Crippen LogP contribution in [0.4, 0.5) is 0 Å². The molecule has 24 heavy (non-hydrogen) atoms. The predicted octanol–water partition coefficient (Wildman–Crippen LogP) is 1.94. The van der Waals surface area contributed by atoms with Gasteiger partial charge in [0.05, 0.1) is 0 Å². The quantitative estimate of drug-likeness (QED) is 0.867. The van der Waals surface area contributed by atoms with Gasteiger partial charge in [-0.05, 0) is 36.8 Å². The van der Waals surface area contributed by atoms with Gasteiger partial charge in [0.15, 0.2) is 0 Å². The first-order chi connectivity index (χ1) is 11.6. The van der Waals surface area contributed by atoms with Gasteiger partial charge in [0.25, 0.3) is 0 Å². The van der Waals surface area contributed by atoms with E-state index in [0.717, 1.165) is 49.8 Å². The fourth-order valence-electron chi connectivity index (χ4n) is 3.75. The Morgan fingerprint density at radius 2 is 2.00 bits per heavy atom. The summed E-state index contributed by atoms with van der Waals surface area (Å²) < 4.78 is 0. The first-order valence-electron chi connectivity index (χ1n) is 9.01. The fourth-order valence-corrected chi connectivity index (χ4v) is 3.75. The van der Waals surface area contributed by atoms with E-state index in [9.17, 15) is 9.59 Å². The number of nitrogens with two attached hydrogens (primary N) is 1. The van der Waals surface area contributed by atoms with Gasteiger partial charge >= 0.3 is 0 Å². The summed E-state index contributed by atoms with van der Waals surface area (Å²) in [7, 11) is 0. The molecule has 2 aliphatic rings. The largest absolute Gasteiger partial charge is 0.352 e. The maximum atomic E-state index is 12.4. The summed E-state index contributed by atoms with van der Waals surface area (Å²) in [6.45, 7) is 1.99. The zero-order chi connectivity index (χ0) is 16.9. The van der Waals surface area contributed by atoms with Gasteiger partial charge in [0, 0.05) is 38.0 Å². The number of amides is 2. The molecule has 0 spiro atoms. The minimum Gasteiger partial charge on any atom is -0.352 e. The SMILES string of the molecule is N[C@@H]1CCC[C@H](C(=O)NCc2ccccc2CN2CCCC2=O)C1. The number of carbonyl (C=O) groups excluding carboxylic acids is 2. The van der Waals surface area contributed by atoms with Crippen LogP contribution < -0.4 is 11.1 Å². The molecule has 1 saturated carbocycles. The van der Waals surface area contributed by atoms with E-state index in [4.69, 9.17) is 5.73 Å². The molecule has 1 aliphatic carbocycles. The van der Waals surface area contributed by atoms with Gasteiger partial charge in [-0.25, -0.2) is 0 Å². The third-order valence-corrected chi connectivity index (χ3v) is 5.19. The van der Waals surface area contributed by atoms with Crippen LogP contribution in [0.5, 0.6) is 0 Å². The van der Waals surface area contributed by atoms with Crippen LogP contribution in [0.25, 0.3) is 0 Å². The van der Waals surface area contributed by atoms with Crippen molar-refractivity contribution in [2.75, 3.05) is 6.54 Å². The zero-order valence-electron chi connectivity index (χ0n) is 14.2. The van der Waals surface area contributed by atoms with Gasteiger partial charge < -0.3 is 16.0 Å². The van der Waals surface area contributed by atoms with Crippen LogP contribution in [0.2, 0.25) is 0 Å². The molecule has 130 valence electrons. The highest BCUT2D eigenvalue weighted by molar-refractivity contribution is 5.79. The van der Waals surface area contributed by atoms with Gasteiger partial charge in [-0.1, -0.05) is 30.7 Å². The minimum absolute atomic E-state index is 0.0427. The average molecular weight is 329 g/mol. The smallest absolute Gasteiger partial charge is 0.223 e. The van der Waals surface area contributed by atoms with Gasteiger partial charge in [0.1, 0.15) is 0 Å². The lowest BCUT2D eigenvalue weighted by Gasteiger charge is -2.26. The molecule has 0 bridgehead atoms. The highest BCUT2D eigenvalue weighted by Crippen LogP contribution is 2.23. The van der Waals surface area contributed by atoms with Crippen LogP contribution in [0.15, 0.2) is 24.3 Å². The number of nitrogens with zero attached hydrogens (tertiary/aromatic N) is 1. The highest BCUT2D eigenvalue weighted by Gasteiger charge is 2.25. The summed E-state index contributed by atoms with van der Waals surface area (Å²) in [5, 5.41) is 3.07. The fraction of sp³-hybridized carbons (Fsp3) is 0.579. The molecule has 3 rings (SSSR count). The molecular formula is C19H27N3O2.